The number of nitrogens with one attached hydrogen (secondary N) is 3. The fourth-order valence-electron chi connectivity index (χ4n) is 3.53. The molecule has 1 aromatic heterocycles. The van der Waals surface area contributed by atoms with E-state index in [2.05, 4.69) is 45.8 Å². The maximum atomic E-state index is 12.3. The first kappa shape index (κ1) is 21.2. The third-order valence-electron chi connectivity index (χ3n) is 4.60. The Hall–Kier alpha value is -2.49. The van der Waals surface area contributed by atoms with Gasteiger partial charge in [-0.3, -0.25) is 0 Å². The van der Waals surface area contributed by atoms with Crippen molar-refractivity contribution in [1.29, 1.82) is 0 Å². The maximum Gasteiger partial charge on any atom is 0.240 e. The second-order valence-electron chi connectivity index (χ2n) is 7.78. The number of sulfonamides is 1. The third kappa shape index (κ3) is 5.53. The molecule has 2 aromatic rings. The SMILES string of the molecule is C=C1CC(Nc2nccc(-c3cccc(S(=O)(=O)NCCO)c3)n2)CC(C)(C)N1. The average Bonchev–Trinajstić information content (AvgIpc) is 2.65. The van der Waals surface area contributed by atoms with E-state index in [1.54, 1.807) is 30.5 Å². The summed E-state index contributed by atoms with van der Waals surface area (Å²) in [5, 5.41) is 15.6. The van der Waals surface area contributed by atoms with Crippen LogP contribution in [-0.2, 0) is 10.0 Å². The molecule has 1 unspecified atom stereocenters. The largest absolute Gasteiger partial charge is 0.395 e. The van der Waals surface area contributed by atoms with Crippen molar-refractivity contribution in [2.75, 3.05) is 18.5 Å². The molecule has 0 spiro atoms. The number of anilines is 1. The van der Waals surface area contributed by atoms with Crippen molar-refractivity contribution in [3.63, 3.8) is 0 Å². The van der Waals surface area contributed by atoms with Crippen molar-refractivity contribution in [3.05, 3.63) is 48.8 Å². The first-order chi connectivity index (χ1) is 13.7. The summed E-state index contributed by atoms with van der Waals surface area (Å²) in [5.74, 6) is 0.490. The van der Waals surface area contributed by atoms with Crippen LogP contribution in [0.3, 0.4) is 0 Å². The molecule has 4 N–H and O–H groups in total. The third-order valence-corrected chi connectivity index (χ3v) is 6.06. The van der Waals surface area contributed by atoms with Crippen LogP contribution < -0.4 is 15.4 Å². The Bertz CT molecular complexity index is 991. The molecule has 0 saturated carbocycles. The number of aliphatic hydroxyl groups excluding tert-OH is 1. The lowest BCUT2D eigenvalue weighted by Crippen LogP contribution is -2.48. The van der Waals surface area contributed by atoms with E-state index in [9.17, 15) is 8.42 Å². The summed E-state index contributed by atoms with van der Waals surface area (Å²) in [6, 6.07) is 8.42. The smallest absolute Gasteiger partial charge is 0.240 e. The Morgan fingerprint density at radius 1 is 1.34 bits per heavy atom. The van der Waals surface area contributed by atoms with Crippen molar-refractivity contribution in [3.8, 4) is 11.3 Å². The molecular formula is C20H27N5O3S. The van der Waals surface area contributed by atoms with E-state index in [0.717, 1.165) is 18.5 Å². The van der Waals surface area contributed by atoms with E-state index >= 15 is 0 Å². The van der Waals surface area contributed by atoms with Gasteiger partial charge < -0.3 is 15.7 Å². The quantitative estimate of drug-likeness (QED) is 0.543. The number of rotatable bonds is 7. The predicted molar refractivity (Wildman–Crippen MR) is 113 cm³/mol. The summed E-state index contributed by atoms with van der Waals surface area (Å²) in [4.78, 5) is 9.00. The van der Waals surface area contributed by atoms with E-state index in [-0.39, 0.29) is 29.6 Å². The molecule has 156 valence electrons. The van der Waals surface area contributed by atoms with Crippen LogP contribution >= 0.6 is 0 Å². The lowest BCUT2D eigenvalue weighted by Gasteiger charge is -2.38. The summed E-state index contributed by atoms with van der Waals surface area (Å²) in [6.07, 6.45) is 3.32. The van der Waals surface area contributed by atoms with E-state index in [0.29, 0.717) is 17.2 Å². The van der Waals surface area contributed by atoms with Crippen LogP contribution in [0.2, 0.25) is 0 Å². The van der Waals surface area contributed by atoms with Crippen LogP contribution in [0.1, 0.15) is 26.7 Å². The molecule has 1 aromatic carbocycles. The van der Waals surface area contributed by atoms with Gasteiger partial charge in [-0.15, -0.1) is 0 Å². The van der Waals surface area contributed by atoms with Crippen molar-refractivity contribution in [1.82, 2.24) is 20.0 Å². The molecule has 29 heavy (non-hydrogen) atoms. The molecule has 1 aliphatic rings. The van der Waals surface area contributed by atoms with Gasteiger partial charge in [-0.2, -0.15) is 0 Å². The number of aliphatic hydroxyl groups is 1. The number of nitrogens with zero attached hydrogens (tertiary/aromatic N) is 2. The van der Waals surface area contributed by atoms with E-state index in [4.69, 9.17) is 5.11 Å². The Labute approximate surface area is 171 Å². The number of benzene rings is 1. The highest BCUT2D eigenvalue weighted by atomic mass is 32.2. The molecule has 3 rings (SSSR count). The van der Waals surface area contributed by atoms with Crippen molar-refractivity contribution < 1.29 is 13.5 Å². The van der Waals surface area contributed by atoms with Gasteiger partial charge in [-0.05, 0) is 38.5 Å². The van der Waals surface area contributed by atoms with Gasteiger partial charge in [0, 0.05) is 42.0 Å². The molecule has 8 nitrogen and oxygen atoms in total. The molecule has 1 saturated heterocycles. The van der Waals surface area contributed by atoms with Crippen LogP contribution in [0.5, 0.6) is 0 Å². The van der Waals surface area contributed by atoms with Gasteiger partial charge >= 0.3 is 0 Å². The fourth-order valence-corrected chi connectivity index (χ4v) is 4.59. The van der Waals surface area contributed by atoms with Gasteiger partial charge in [0.2, 0.25) is 16.0 Å². The van der Waals surface area contributed by atoms with Crippen LogP contribution in [0.15, 0.2) is 53.7 Å². The van der Waals surface area contributed by atoms with Crippen molar-refractivity contribution in [2.45, 2.75) is 43.2 Å². The van der Waals surface area contributed by atoms with Crippen LogP contribution in [0.4, 0.5) is 5.95 Å². The minimum absolute atomic E-state index is 0.0357. The monoisotopic (exact) mass is 417 g/mol. The summed E-state index contributed by atoms with van der Waals surface area (Å²) < 4.78 is 27.0. The molecule has 0 aliphatic carbocycles. The number of aromatic nitrogens is 2. The molecule has 1 atom stereocenters. The van der Waals surface area contributed by atoms with Crippen LogP contribution in [0, 0.1) is 0 Å². The van der Waals surface area contributed by atoms with Gasteiger partial charge in [-0.25, -0.2) is 23.1 Å². The highest BCUT2D eigenvalue weighted by Crippen LogP contribution is 2.26. The average molecular weight is 418 g/mol. The molecule has 1 fully saturated rings. The molecule has 0 radical (unpaired) electrons. The predicted octanol–water partition coefficient (Wildman–Crippen LogP) is 1.87. The van der Waals surface area contributed by atoms with Gasteiger partial charge in [0.1, 0.15) is 0 Å². The van der Waals surface area contributed by atoms with Crippen LogP contribution in [0.25, 0.3) is 11.3 Å². The van der Waals surface area contributed by atoms with Gasteiger partial charge in [0.25, 0.3) is 0 Å². The topological polar surface area (TPSA) is 116 Å². The highest BCUT2D eigenvalue weighted by Gasteiger charge is 2.29. The second-order valence-corrected chi connectivity index (χ2v) is 9.54. The number of hydrogen-bond acceptors (Lipinski definition) is 7. The summed E-state index contributed by atoms with van der Waals surface area (Å²) in [5.41, 5.74) is 2.20. The number of piperidine rings is 1. The second kappa shape index (κ2) is 8.48. The molecular weight excluding hydrogens is 390 g/mol. The van der Waals surface area contributed by atoms with E-state index < -0.39 is 10.0 Å². The van der Waals surface area contributed by atoms with Gasteiger partial charge in [0.15, 0.2) is 0 Å². The zero-order chi connectivity index (χ0) is 21.1. The zero-order valence-electron chi connectivity index (χ0n) is 16.6. The fraction of sp³-hybridized carbons (Fsp3) is 0.400. The lowest BCUT2D eigenvalue weighted by molar-refractivity contribution is 0.301. The lowest BCUT2D eigenvalue weighted by atomic mass is 9.88. The first-order valence-corrected chi connectivity index (χ1v) is 10.9. The molecule has 2 heterocycles. The first-order valence-electron chi connectivity index (χ1n) is 9.45. The zero-order valence-corrected chi connectivity index (χ0v) is 17.5. The molecule has 9 heteroatoms. The summed E-state index contributed by atoms with van der Waals surface area (Å²) in [7, 11) is -3.69. The maximum absolute atomic E-state index is 12.3. The Morgan fingerprint density at radius 3 is 2.86 bits per heavy atom. The Balaban J connectivity index is 1.81. The normalized spacial score (nSPS) is 18.9. The van der Waals surface area contributed by atoms with Gasteiger partial charge in [-0.1, -0.05) is 18.7 Å². The minimum atomic E-state index is -3.69. The van der Waals surface area contributed by atoms with E-state index in [1.165, 1.54) is 6.07 Å². The molecule has 0 bridgehead atoms. The standard InChI is InChI=1S/C20H27N5O3S/c1-14-11-16(13-20(2,3)25-14)23-19-21-8-7-18(24-19)15-5-4-6-17(12-15)29(27,28)22-9-10-26/h4-8,12,16,22,25-26H,1,9-11,13H2,2-3H3,(H,21,23,24). The highest BCUT2D eigenvalue weighted by molar-refractivity contribution is 7.89. The molecule has 0 amide bonds. The summed E-state index contributed by atoms with van der Waals surface area (Å²) >= 11 is 0. The Morgan fingerprint density at radius 2 is 2.14 bits per heavy atom. The van der Waals surface area contributed by atoms with E-state index in [1.807, 2.05) is 0 Å². The summed E-state index contributed by atoms with van der Waals surface area (Å²) in [6.45, 7) is 8.00. The van der Waals surface area contributed by atoms with Crippen LogP contribution in [-0.4, -0.2) is 48.2 Å². The molecule has 1 aliphatic heterocycles. The van der Waals surface area contributed by atoms with Gasteiger partial charge in [0.05, 0.1) is 17.2 Å². The number of hydrogen-bond donors (Lipinski definition) is 4. The Kier molecular flexibility index (Phi) is 6.21. The van der Waals surface area contributed by atoms with Crippen molar-refractivity contribution in [2.24, 2.45) is 0 Å². The van der Waals surface area contributed by atoms with Crippen molar-refractivity contribution >= 4 is 16.0 Å². The minimum Gasteiger partial charge on any atom is -0.395 e.